The second-order valence-electron chi connectivity index (χ2n) is 5.67. The number of likely N-dealkylation sites (tertiary alicyclic amines) is 1. The molecule has 8 heteroatoms. The highest BCUT2D eigenvalue weighted by Crippen LogP contribution is 2.29. The highest BCUT2D eigenvalue weighted by atomic mass is 32.1. The number of non-ortho nitro benzene ring substituents is 1. The van der Waals surface area contributed by atoms with Gasteiger partial charge in [0.1, 0.15) is 0 Å². The summed E-state index contributed by atoms with van der Waals surface area (Å²) >= 11 is 1.26. The van der Waals surface area contributed by atoms with E-state index >= 15 is 0 Å². The molecule has 0 bridgehead atoms. The number of rotatable bonds is 4. The van der Waals surface area contributed by atoms with E-state index < -0.39 is 4.92 Å². The summed E-state index contributed by atoms with van der Waals surface area (Å²) in [4.78, 5) is 29.0. The van der Waals surface area contributed by atoms with Crippen LogP contribution in [-0.4, -0.2) is 40.3 Å². The van der Waals surface area contributed by atoms with Gasteiger partial charge in [-0.25, -0.2) is 4.98 Å². The van der Waals surface area contributed by atoms with Gasteiger partial charge in [0.15, 0.2) is 5.13 Å². The molecule has 122 valence electrons. The first-order valence-electron chi connectivity index (χ1n) is 7.69. The summed E-state index contributed by atoms with van der Waals surface area (Å²) in [5.41, 5.74) is 0.689. The molecule has 2 aromatic rings. The molecule has 2 heterocycles. The second-order valence-corrected chi connectivity index (χ2v) is 6.70. The number of amides is 1. The van der Waals surface area contributed by atoms with Crippen molar-refractivity contribution in [2.24, 2.45) is 0 Å². The fraction of sp³-hybridized carbons (Fsp3) is 0.467. The summed E-state index contributed by atoms with van der Waals surface area (Å²) in [5, 5.41) is 14.1. The van der Waals surface area contributed by atoms with Gasteiger partial charge < -0.3 is 5.32 Å². The maximum atomic E-state index is 12.2. The number of hydrogen-bond donors (Lipinski definition) is 1. The Morgan fingerprint density at radius 1 is 1.30 bits per heavy atom. The molecule has 1 aliphatic rings. The molecule has 1 aromatic heterocycles. The first-order valence-corrected chi connectivity index (χ1v) is 8.51. The largest absolute Gasteiger partial charge is 0.301 e. The third-order valence-electron chi connectivity index (χ3n) is 3.90. The number of hydrogen-bond acceptors (Lipinski definition) is 6. The molecule has 0 spiro atoms. The van der Waals surface area contributed by atoms with Crippen LogP contribution in [0.2, 0.25) is 0 Å². The van der Waals surface area contributed by atoms with Gasteiger partial charge in [-0.1, -0.05) is 24.2 Å². The van der Waals surface area contributed by atoms with Crippen LogP contribution in [0.4, 0.5) is 10.8 Å². The molecule has 7 nitrogen and oxygen atoms in total. The molecule has 1 aromatic carbocycles. The number of benzene rings is 1. The fourth-order valence-corrected chi connectivity index (χ4v) is 3.65. The molecule has 1 fully saturated rings. The number of nitrogens with one attached hydrogen (secondary N) is 1. The topological polar surface area (TPSA) is 88.4 Å². The van der Waals surface area contributed by atoms with Crippen molar-refractivity contribution in [2.75, 3.05) is 25.0 Å². The average molecular weight is 334 g/mol. The monoisotopic (exact) mass is 334 g/mol. The first kappa shape index (κ1) is 15.8. The molecular weight excluding hydrogens is 316 g/mol. The number of nitro groups is 1. The standard InChI is InChI=1S/C15H18N4O3S/c20-14(10-18-7-3-1-2-4-8-18)17-15-16-12-6-5-11(19(21)22)9-13(12)23-15/h5-6,9H,1-4,7-8,10H2,(H,16,17,20). The average Bonchev–Trinajstić information content (AvgIpc) is 2.72. The van der Waals surface area contributed by atoms with E-state index in [0.717, 1.165) is 25.9 Å². The Balaban J connectivity index is 1.65. The number of anilines is 1. The zero-order valence-electron chi connectivity index (χ0n) is 12.7. The van der Waals surface area contributed by atoms with Gasteiger partial charge in [-0.2, -0.15) is 0 Å². The van der Waals surface area contributed by atoms with Gasteiger partial charge in [-0.05, 0) is 32.0 Å². The lowest BCUT2D eigenvalue weighted by atomic mass is 10.2. The predicted molar refractivity (Wildman–Crippen MR) is 89.8 cm³/mol. The zero-order valence-corrected chi connectivity index (χ0v) is 13.5. The Bertz CT molecular complexity index is 723. The number of aromatic nitrogens is 1. The van der Waals surface area contributed by atoms with E-state index in [1.165, 1.54) is 36.3 Å². The molecular formula is C15H18N4O3S. The zero-order chi connectivity index (χ0) is 16.2. The van der Waals surface area contributed by atoms with Crippen LogP contribution < -0.4 is 5.32 Å². The van der Waals surface area contributed by atoms with E-state index in [-0.39, 0.29) is 11.6 Å². The van der Waals surface area contributed by atoms with Crippen LogP contribution in [0.25, 0.3) is 10.2 Å². The molecule has 0 unspecified atom stereocenters. The van der Waals surface area contributed by atoms with Crippen LogP contribution >= 0.6 is 11.3 Å². The summed E-state index contributed by atoms with van der Waals surface area (Å²) in [6.45, 7) is 2.29. The molecule has 1 saturated heterocycles. The van der Waals surface area contributed by atoms with Crippen LogP contribution in [-0.2, 0) is 4.79 Å². The lowest BCUT2D eigenvalue weighted by molar-refractivity contribution is -0.384. The minimum absolute atomic E-state index is 0.0311. The Labute approximate surface area is 137 Å². The van der Waals surface area contributed by atoms with E-state index in [0.29, 0.717) is 21.9 Å². The number of carbonyl (C=O) groups is 1. The van der Waals surface area contributed by atoms with Crippen molar-refractivity contribution in [2.45, 2.75) is 25.7 Å². The van der Waals surface area contributed by atoms with E-state index in [2.05, 4.69) is 15.2 Å². The molecule has 1 N–H and O–H groups in total. The lowest BCUT2D eigenvalue weighted by Crippen LogP contribution is -2.33. The maximum Gasteiger partial charge on any atom is 0.270 e. The van der Waals surface area contributed by atoms with Gasteiger partial charge >= 0.3 is 0 Å². The molecule has 1 amide bonds. The summed E-state index contributed by atoms with van der Waals surface area (Å²) in [7, 11) is 0. The van der Waals surface area contributed by atoms with Crippen LogP contribution in [0.15, 0.2) is 18.2 Å². The Morgan fingerprint density at radius 2 is 2.04 bits per heavy atom. The quantitative estimate of drug-likeness (QED) is 0.686. The summed E-state index contributed by atoms with van der Waals surface area (Å²) < 4.78 is 0.698. The Hall–Kier alpha value is -2.06. The van der Waals surface area contributed by atoms with E-state index in [9.17, 15) is 14.9 Å². The highest BCUT2D eigenvalue weighted by Gasteiger charge is 2.15. The van der Waals surface area contributed by atoms with Crippen molar-refractivity contribution in [3.8, 4) is 0 Å². The van der Waals surface area contributed by atoms with Crippen molar-refractivity contribution < 1.29 is 9.72 Å². The third kappa shape index (κ3) is 4.02. The van der Waals surface area contributed by atoms with E-state index in [1.807, 2.05) is 0 Å². The molecule has 0 radical (unpaired) electrons. The lowest BCUT2D eigenvalue weighted by Gasteiger charge is -2.18. The molecule has 23 heavy (non-hydrogen) atoms. The van der Waals surface area contributed by atoms with E-state index in [4.69, 9.17) is 0 Å². The number of carbonyl (C=O) groups excluding carboxylic acids is 1. The minimum atomic E-state index is -0.434. The van der Waals surface area contributed by atoms with Gasteiger partial charge in [-0.3, -0.25) is 19.8 Å². The number of fused-ring (bicyclic) bond motifs is 1. The van der Waals surface area contributed by atoms with Crippen molar-refractivity contribution in [1.82, 2.24) is 9.88 Å². The van der Waals surface area contributed by atoms with Crippen molar-refractivity contribution in [1.29, 1.82) is 0 Å². The molecule has 0 aliphatic carbocycles. The smallest absolute Gasteiger partial charge is 0.270 e. The third-order valence-corrected chi connectivity index (χ3v) is 4.83. The van der Waals surface area contributed by atoms with Crippen molar-refractivity contribution >= 4 is 38.3 Å². The van der Waals surface area contributed by atoms with Gasteiger partial charge in [0, 0.05) is 12.1 Å². The van der Waals surface area contributed by atoms with E-state index in [1.54, 1.807) is 6.07 Å². The van der Waals surface area contributed by atoms with Crippen molar-refractivity contribution in [3.63, 3.8) is 0 Å². The minimum Gasteiger partial charge on any atom is -0.301 e. The van der Waals surface area contributed by atoms with Crippen molar-refractivity contribution in [3.05, 3.63) is 28.3 Å². The number of nitro benzene ring substituents is 1. The van der Waals surface area contributed by atoms with Gasteiger partial charge in [0.2, 0.25) is 5.91 Å². The number of thiazole rings is 1. The van der Waals surface area contributed by atoms with Crippen LogP contribution in [0, 0.1) is 10.1 Å². The van der Waals surface area contributed by atoms with Crippen LogP contribution in [0.1, 0.15) is 25.7 Å². The predicted octanol–water partition coefficient (Wildman–Crippen LogP) is 3.02. The Kier molecular flexibility index (Phi) is 4.82. The van der Waals surface area contributed by atoms with Crippen LogP contribution in [0.3, 0.4) is 0 Å². The normalized spacial score (nSPS) is 16.2. The summed E-state index contributed by atoms with van der Waals surface area (Å²) in [5.74, 6) is -0.0829. The maximum absolute atomic E-state index is 12.2. The molecule has 3 rings (SSSR count). The Morgan fingerprint density at radius 3 is 2.74 bits per heavy atom. The fourth-order valence-electron chi connectivity index (χ4n) is 2.74. The first-order chi connectivity index (χ1) is 11.1. The van der Waals surface area contributed by atoms with Crippen LogP contribution in [0.5, 0.6) is 0 Å². The van der Waals surface area contributed by atoms with Gasteiger partial charge in [0.25, 0.3) is 5.69 Å². The summed E-state index contributed by atoms with van der Waals surface area (Å²) in [6, 6.07) is 4.51. The second kappa shape index (κ2) is 7.01. The SMILES string of the molecule is O=C(CN1CCCCCC1)Nc1nc2ccc([N+](=O)[O-])cc2s1. The van der Waals surface area contributed by atoms with Gasteiger partial charge in [-0.15, -0.1) is 0 Å². The van der Waals surface area contributed by atoms with Gasteiger partial charge in [0.05, 0.1) is 21.7 Å². The molecule has 0 saturated carbocycles. The summed E-state index contributed by atoms with van der Waals surface area (Å²) in [6.07, 6.45) is 4.74. The molecule has 0 atom stereocenters. The highest BCUT2D eigenvalue weighted by molar-refractivity contribution is 7.22. The number of nitrogens with zero attached hydrogens (tertiary/aromatic N) is 3. The molecule has 1 aliphatic heterocycles.